The minimum absolute atomic E-state index is 0.185. The van der Waals surface area contributed by atoms with E-state index in [1.165, 1.54) is 100 Å². The Morgan fingerprint density at radius 1 is 0.600 bits per heavy atom. The van der Waals surface area contributed by atoms with Crippen LogP contribution in [0.3, 0.4) is 0 Å². The summed E-state index contributed by atoms with van der Waals surface area (Å²) < 4.78 is 30.8. The van der Waals surface area contributed by atoms with Crippen molar-refractivity contribution in [3.8, 4) is 0 Å². The maximum atomic E-state index is 10.3. The molecule has 0 radical (unpaired) electrons. The first kappa shape index (κ1) is 28.4. The van der Waals surface area contributed by atoms with Crippen LogP contribution in [0, 0.1) is 6.92 Å². The molecule has 0 aromatic heterocycles. The molecular weight excluding hydrogens is 392 g/mol. The summed E-state index contributed by atoms with van der Waals surface area (Å²) in [6.07, 6.45) is 15.9. The molecule has 0 heterocycles. The van der Waals surface area contributed by atoms with Gasteiger partial charge in [-0.25, -0.2) is 8.42 Å². The predicted molar refractivity (Wildman–Crippen MR) is 128 cm³/mol. The number of hydrogen-bond donors (Lipinski definition) is 0. The van der Waals surface area contributed by atoms with Crippen LogP contribution in [0.4, 0.5) is 0 Å². The normalized spacial score (nSPS) is 10.4. The third kappa shape index (κ3) is 18.4. The van der Waals surface area contributed by atoms with Crippen molar-refractivity contribution in [1.82, 2.24) is 0 Å². The van der Waals surface area contributed by atoms with Gasteiger partial charge in [-0.05, 0) is 19.1 Å². The first-order valence-corrected chi connectivity index (χ1v) is 12.8. The van der Waals surface area contributed by atoms with E-state index in [0.717, 1.165) is 0 Å². The smallest absolute Gasteiger partial charge is 0.124 e. The zero-order valence-electron chi connectivity index (χ0n) is 19.2. The molecule has 0 saturated carbocycles. The van der Waals surface area contributed by atoms with Gasteiger partial charge in [0.25, 0.3) is 0 Å². The second-order valence-corrected chi connectivity index (χ2v) is 8.98. The van der Waals surface area contributed by atoms with E-state index >= 15 is 0 Å². The average molecular weight is 434 g/mol. The van der Waals surface area contributed by atoms with Gasteiger partial charge in [-0.2, -0.15) is 0 Å². The molecule has 0 saturated heterocycles. The van der Waals surface area contributed by atoms with E-state index in [1.807, 2.05) is 18.2 Å². The number of aryl methyl sites for hydroxylation is 1. The highest BCUT2D eigenvalue weighted by atomic mass is 32.2. The van der Waals surface area contributed by atoms with E-state index in [1.54, 1.807) is 6.07 Å². The second-order valence-electron chi connectivity index (χ2n) is 7.60. The molecule has 0 fully saturated rings. The topological polar surface area (TPSA) is 57.2 Å². The van der Waals surface area contributed by atoms with Crippen molar-refractivity contribution in [2.45, 2.75) is 96.3 Å². The van der Waals surface area contributed by atoms with Crippen LogP contribution in [0.5, 0.6) is 0 Å². The van der Waals surface area contributed by atoms with Gasteiger partial charge in [0.1, 0.15) is 10.1 Å². The summed E-state index contributed by atoms with van der Waals surface area (Å²) in [5.74, 6) is 0. The maximum Gasteiger partial charge on any atom is 0.124 e. The lowest BCUT2D eigenvalue weighted by molar-refractivity contribution is 0.463. The SMILES string of the molecule is CCCCCCCCCCCCC.Cc1ccccc1.O=S(=O)([O-])c1ccccc1. The molecule has 0 aliphatic rings. The molecule has 0 spiro atoms. The highest BCUT2D eigenvalue weighted by Gasteiger charge is 1.96. The summed E-state index contributed by atoms with van der Waals surface area (Å²) in [7, 11) is -4.25. The molecule has 170 valence electrons. The van der Waals surface area contributed by atoms with Crippen LogP contribution < -0.4 is 0 Å². The number of hydrogen-bond acceptors (Lipinski definition) is 3. The fourth-order valence-electron chi connectivity index (χ4n) is 2.86. The molecule has 0 N–H and O–H groups in total. The molecule has 4 heteroatoms. The van der Waals surface area contributed by atoms with Crippen LogP contribution in [0.15, 0.2) is 65.6 Å². The molecule has 2 rings (SSSR count). The van der Waals surface area contributed by atoms with E-state index in [0.29, 0.717) is 0 Å². The van der Waals surface area contributed by atoms with Gasteiger partial charge >= 0.3 is 0 Å². The van der Waals surface area contributed by atoms with E-state index in [4.69, 9.17) is 0 Å². The molecule has 0 atom stereocenters. The van der Waals surface area contributed by atoms with E-state index in [9.17, 15) is 13.0 Å². The van der Waals surface area contributed by atoms with E-state index < -0.39 is 10.1 Å². The summed E-state index contributed by atoms with van der Waals surface area (Å²) in [6.45, 7) is 6.65. The largest absolute Gasteiger partial charge is 0.744 e. The van der Waals surface area contributed by atoms with Gasteiger partial charge < -0.3 is 4.55 Å². The van der Waals surface area contributed by atoms with Crippen LogP contribution in [0.2, 0.25) is 0 Å². The summed E-state index contributed by atoms with van der Waals surface area (Å²) in [5, 5.41) is 0. The van der Waals surface area contributed by atoms with Crippen LogP contribution in [0.1, 0.15) is 90.0 Å². The van der Waals surface area contributed by atoms with E-state index in [-0.39, 0.29) is 4.90 Å². The molecule has 3 nitrogen and oxygen atoms in total. The standard InChI is InChI=1S/C13H28.C7H8.C6H6O3S/c1-3-5-7-9-11-13-12-10-8-6-4-2;1-7-5-3-2-4-6-7;7-10(8,9)6-4-2-1-3-5-6/h3-13H2,1-2H3;2-6H,1H3;1-5H,(H,7,8,9)/p-1. The Hall–Kier alpha value is -1.65. The summed E-state index contributed by atoms with van der Waals surface area (Å²) in [4.78, 5) is -0.185. The molecule has 0 aliphatic carbocycles. The van der Waals surface area contributed by atoms with Crippen molar-refractivity contribution in [3.05, 3.63) is 66.2 Å². The molecule has 0 bridgehead atoms. The second kappa shape index (κ2) is 19.3. The van der Waals surface area contributed by atoms with Crippen molar-refractivity contribution in [3.63, 3.8) is 0 Å². The van der Waals surface area contributed by atoms with Gasteiger partial charge in [-0.3, -0.25) is 0 Å². The summed E-state index contributed by atoms with van der Waals surface area (Å²) in [5.41, 5.74) is 1.32. The van der Waals surface area contributed by atoms with E-state index in [2.05, 4.69) is 32.9 Å². The number of benzene rings is 2. The van der Waals surface area contributed by atoms with Crippen molar-refractivity contribution in [1.29, 1.82) is 0 Å². The Morgan fingerprint density at radius 2 is 0.933 bits per heavy atom. The third-order valence-electron chi connectivity index (χ3n) is 4.68. The maximum absolute atomic E-state index is 10.3. The van der Waals surface area contributed by atoms with Gasteiger partial charge in [0, 0.05) is 0 Å². The minimum Gasteiger partial charge on any atom is -0.744 e. The van der Waals surface area contributed by atoms with Crippen molar-refractivity contribution in [2.24, 2.45) is 0 Å². The quantitative estimate of drug-likeness (QED) is 0.267. The van der Waals surface area contributed by atoms with Crippen LogP contribution in [0.25, 0.3) is 0 Å². The van der Waals surface area contributed by atoms with Gasteiger partial charge in [-0.15, -0.1) is 0 Å². The van der Waals surface area contributed by atoms with Crippen LogP contribution in [-0.2, 0) is 10.1 Å². The predicted octanol–water partition coefficient (Wildman–Crippen LogP) is 7.90. The highest BCUT2D eigenvalue weighted by Crippen LogP contribution is 2.10. The van der Waals surface area contributed by atoms with Crippen LogP contribution in [-0.4, -0.2) is 13.0 Å². The fourth-order valence-corrected chi connectivity index (χ4v) is 3.35. The first-order chi connectivity index (χ1) is 14.4. The Balaban J connectivity index is 0.000000438. The van der Waals surface area contributed by atoms with Crippen LogP contribution >= 0.6 is 0 Å². The molecule has 30 heavy (non-hydrogen) atoms. The molecule has 0 amide bonds. The molecular formula is C26H41O3S-. The van der Waals surface area contributed by atoms with Gasteiger partial charge in [0.2, 0.25) is 0 Å². The summed E-state index contributed by atoms with van der Waals surface area (Å²) >= 11 is 0. The van der Waals surface area contributed by atoms with Gasteiger partial charge in [0.05, 0.1) is 4.90 Å². The number of unbranched alkanes of at least 4 members (excludes halogenated alkanes) is 10. The Kier molecular flexibility index (Phi) is 18.3. The summed E-state index contributed by atoms with van der Waals surface area (Å²) in [6, 6.07) is 17.5. The van der Waals surface area contributed by atoms with Crippen molar-refractivity contribution in [2.75, 3.05) is 0 Å². The van der Waals surface area contributed by atoms with Crippen molar-refractivity contribution < 1.29 is 13.0 Å². The fraction of sp³-hybridized carbons (Fsp3) is 0.538. The monoisotopic (exact) mass is 433 g/mol. The third-order valence-corrected chi connectivity index (χ3v) is 5.53. The average Bonchev–Trinajstić information content (AvgIpc) is 2.74. The molecule has 0 aliphatic heterocycles. The zero-order valence-corrected chi connectivity index (χ0v) is 20.0. The van der Waals surface area contributed by atoms with Crippen molar-refractivity contribution >= 4 is 10.1 Å². The highest BCUT2D eigenvalue weighted by molar-refractivity contribution is 7.85. The van der Waals surface area contributed by atoms with Gasteiger partial charge in [-0.1, -0.05) is 139 Å². The Bertz CT molecular complexity index is 688. The lowest BCUT2D eigenvalue weighted by Gasteiger charge is -2.04. The lowest BCUT2D eigenvalue weighted by atomic mass is 10.1. The van der Waals surface area contributed by atoms with Gasteiger partial charge in [0.15, 0.2) is 0 Å². The Morgan fingerprint density at radius 3 is 1.17 bits per heavy atom. The molecule has 2 aromatic rings. The lowest BCUT2D eigenvalue weighted by Crippen LogP contribution is -1.96. The number of rotatable bonds is 11. The minimum atomic E-state index is -4.25. The Labute approximate surface area is 185 Å². The molecule has 2 aromatic carbocycles. The zero-order chi connectivity index (χ0) is 22.5. The first-order valence-electron chi connectivity index (χ1n) is 11.4. The molecule has 0 unspecified atom stereocenters.